The van der Waals surface area contributed by atoms with Crippen molar-refractivity contribution < 1.29 is 101 Å². The van der Waals surface area contributed by atoms with E-state index in [1.54, 1.807) is 0 Å². The predicted octanol–water partition coefficient (Wildman–Crippen LogP) is 18.7. The summed E-state index contributed by atoms with van der Waals surface area (Å²) in [6.45, 7) is 69.2. The standard InChI is InChI=1S/C29H47N2O3.2C21H38N2O2.C16H26O3.C8H8O.C5H14N2.Ac.B/c1-22(19-29(5,6)21-28(2,3)4)17-24-18-26(33)30(27(24)34)15-12-16-31(7,8)20-25(32)23-13-10-9-11-14-23;2*1-16(14-21(5,6)15-20(2,3)4)12-17-13-18(24)23(19(17)25)11-9-10-22(7)8;1-11(7-12-8-13(17)19-14(12)18)9-16(5,6)10-15(2,3)4;1-2-4-7(5-3-1)8-6-9-8;1-7(2)5-3-4-6;;/h9-11,13-14,24-25,32H,1,12,15-21H2,2-8H3;2*17H,1,9-15H2,2-8H3;12H,1,7-10H2,2-6H3;1-5,8H,6H2;3-6H2,1-2H3;;/q+1;;;;;;;. The molecule has 0 bridgehead atoms. The van der Waals surface area contributed by atoms with E-state index < -0.39 is 12.1 Å². The number of hydrogen-bond donors (Lipinski definition) is 2. The second-order valence-electron chi connectivity index (χ2n) is 44.8. The van der Waals surface area contributed by atoms with Gasteiger partial charge in [-0.2, -0.15) is 0 Å². The van der Waals surface area contributed by atoms with Crippen LogP contribution in [0.1, 0.15) is 290 Å². The van der Waals surface area contributed by atoms with Crippen LogP contribution in [-0.4, -0.2) is 217 Å². The van der Waals surface area contributed by atoms with Gasteiger partial charge in [-0.05, 0) is 219 Å². The third-order valence-corrected chi connectivity index (χ3v) is 21.3. The van der Waals surface area contributed by atoms with Gasteiger partial charge in [0.15, 0.2) is 0 Å². The summed E-state index contributed by atoms with van der Waals surface area (Å²) in [6.07, 6.45) is 14.9. The van der Waals surface area contributed by atoms with Gasteiger partial charge in [0.2, 0.25) is 35.4 Å². The fourth-order valence-electron chi connectivity index (χ4n) is 18.9. The number of carbonyl (C=O) groups excluding carboxylic acids is 8. The van der Waals surface area contributed by atoms with Crippen molar-refractivity contribution in [1.82, 2.24) is 29.4 Å². The van der Waals surface area contributed by atoms with Crippen LogP contribution < -0.4 is 5.73 Å². The van der Waals surface area contributed by atoms with Gasteiger partial charge in [0.05, 0.1) is 57.3 Å². The number of allylic oxidation sites excluding steroid dienone is 4. The molecular formula is C100H171AcBN8O11+. The summed E-state index contributed by atoms with van der Waals surface area (Å²) in [4.78, 5) is 108. The summed E-state index contributed by atoms with van der Waals surface area (Å²) in [6, 6.07) is 20.0. The maximum atomic E-state index is 13.0. The predicted molar refractivity (Wildman–Crippen MR) is 496 cm³/mol. The second kappa shape index (κ2) is 52.5. The topological polar surface area (TPSA) is 224 Å². The van der Waals surface area contributed by atoms with Crippen molar-refractivity contribution in [2.45, 2.75) is 279 Å². The van der Waals surface area contributed by atoms with E-state index in [-0.39, 0.29) is 167 Å². The smallest absolute Gasteiger partial charge is 0.317 e. The normalized spacial score (nSPS) is 18.7. The largest absolute Gasteiger partial charge is 0.393 e. The van der Waals surface area contributed by atoms with Gasteiger partial charge in [-0.3, -0.25) is 53.1 Å². The number of cyclic esters (lactones) is 2. The van der Waals surface area contributed by atoms with E-state index in [2.05, 4.69) is 225 Å². The van der Waals surface area contributed by atoms with E-state index in [4.69, 9.17) is 10.5 Å². The first kappa shape index (κ1) is 116. The van der Waals surface area contributed by atoms with Crippen LogP contribution in [0.25, 0.3) is 0 Å². The van der Waals surface area contributed by atoms with E-state index >= 15 is 0 Å². The zero-order valence-electron chi connectivity index (χ0n) is 81.7. The van der Waals surface area contributed by atoms with Crippen LogP contribution in [0, 0.1) is 111 Å². The molecule has 6 unspecified atom stereocenters. The van der Waals surface area contributed by atoms with Crippen molar-refractivity contribution in [2.24, 2.45) is 72.7 Å². The number of imide groups is 3. The Balaban J connectivity index is 0.00000150. The molecule has 21 heteroatoms. The molecular weight excluding hydrogens is 1730 g/mol. The molecule has 0 spiro atoms. The average Bonchev–Trinajstić information content (AvgIpc) is 1.71. The van der Waals surface area contributed by atoms with E-state index in [1.165, 1.54) is 20.3 Å². The molecule has 6 amide bonds. The maximum Gasteiger partial charge on any atom is 0.317 e. The summed E-state index contributed by atoms with van der Waals surface area (Å²) in [5, 5.41) is 10.6. The minimum atomic E-state index is -0.538. The van der Waals surface area contributed by atoms with E-state index in [1.807, 2.05) is 76.7 Å². The molecule has 5 fully saturated rings. The van der Waals surface area contributed by atoms with Crippen LogP contribution >= 0.6 is 0 Å². The summed E-state index contributed by atoms with van der Waals surface area (Å²) in [5.41, 5.74) is 13.4. The van der Waals surface area contributed by atoms with Crippen molar-refractivity contribution in [1.29, 1.82) is 0 Å². The quantitative estimate of drug-likeness (QED) is 0.0121. The Morgan fingerprint density at radius 1 is 0.463 bits per heavy atom. The fraction of sp³-hybridized carbons (Fsp3) is 0.720. The minimum absolute atomic E-state index is 0. The number of rotatable bonds is 39. The number of benzene rings is 2. The number of quaternary nitrogens is 1. The average molecular weight is 1900 g/mol. The van der Waals surface area contributed by atoms with Crippen LogP contribution in [0.2, 0.25) is 0 Å². The van der Waals surface area contributed by atoms with Gasteiger partial charge in [-0.25, -0.2) is 0 Å². The van der Waals surface area contributed by atoms with Crippen LogP contribution in [0.4, 0.5) is 0 Å². The zero-order chi connectivity index (χ0) is 91.2. The Kier molecular flexibility index (Phi) is 50.4. The van der Waals surface area contributed by atoms with Crippen molar-refractivity contribution >= 4 is 55.8 Å². The summed E-state index contributed by atoms with van der Waals surface area (Å²) < 4.78 is 10.3. The van der Waals surface area contributed by atoms with Crippen LogP contribution in [0.15, 0.2) is 109 Å². The number of hydrogen-bond acceptors (Lipinski definition) is 15. The van der Waals surface area contributed by atoms with Gasteiger partial charge in [0.1, 0.15) is 18.8 Å². The number of likely N-dealkylation sites (tertiary alicyclic amines) is 3. The molecule has 0 aromatic heterocycles. The molecule has 5 heterocycles. The first-order valence-electron chi connectivity index (χ1n) is 44.2. The SMILES string of the molecule is C=C(CC1CC(=O)N(CCCN(C)C)C1=O)CC(C)(C)CC(C)(C)C.C=C(CC1CC(=O)N(CCCN(C)C)C1=O)CC(C)(C)CC(C)(C)C.C=C(CC1CC(=O)N(CCC[N+](C)(C)CC(O)c2ccccc2)C1=O)CC(C)(C)CC(C)(C)C.C=C(CC1CC(=O)OC1=O)CC(C)(C)CC(C)(C)C.CN(C)CCCN.[Ac].[B].c1ccc(C2CO2)cc1. The minimum Gasteiger partial charge on any atom is -0.393 e. The zero-order valence-corrected chi connectivity index (χ0v) is 86.4. The molecule has 0 aliphatic carbocycles. The number of epoxide rings is 1. The first-order chi connectivity index (χ1) is 54.4. The van der Waals surface area contributed by atoms with Gasteiger partial charge in [0, 0.05) is 97.8 Å². The number of likely N-dealkylation sites (N-methyl/N-ethyl adjacent to an activating group) is 1. The molecule has 2 aromatic carbocycles. The molecule has 6 atom stereocenters. The Bertz CT molecular complexity index is 3480. The van der Waals surface area contributed by atoms with Crippen LogP contribution in [-0.2, 0) is 47.8 Å². The van der Waals surface area contributed by atoms with Crippen molar-refractivity contribution in [3.8, 4) is 0 Å². The second-order valence-corrected chi connectivity index (χ2v) is 44.8. The van der Waals surface area contributed by atoms with Crippen LogP contribution in [0.3, 0.4) is 0 Å². The van der Waals surface area contributed by atoms with Crippen molar-refractivity contribution in [2.75, 3.05) is 122 Å². The molecule has 5 aliphatic heterocycles. The molecule has 19 nitrogen and oxygen atoms in total. The Hall–Kier alpha value is -4.81. The first-order valence-corrected chi connectivity index (χ1v) is 44.2. The molecule has 3 N–H and O–H groups in total. The van der Waals surface area contributed by atoms with E-state index in [0.717, 1.165) is 144 Å². The molecule has 682 valence electrons. The van der Waals surface area contributed by atoms with E-state index in [0.29, 0.717) is 81.7 Å². The number of esters is 2. The third kappa shape index (κ3) is 50.9. The van der Waals surface area contributed by atoms with Crippen LogP contribution in [0.5, 0.6) is 0 Å². The molecule has 0 saturated carbocycles. The Morgan fingerprint density at radius 2 is 0.752 bits per heavy atom. The summed E-state index contributed by atoms with van der Waals surface area (Å²) in [5.74, 6) is -1.94. The number of carbonyl (C=O) groups is 8. The third-order valence-electron chi connectivity index (χ3n) is 21.3. The molecule has 5 aliphatic rings. The Labute approximate surface area is 774 Å². The molecule has 4 radical (unpaired) electrons. The number of amides is 6. The summed E-state index contributed by atoms with van der Waals surface area (Å²) >= 11 is 0. The van der Waals surface area contributed by atoms with Crippen molar-refractivity contribution in [3.05, 3.63) is 120 Å². The van der Waals surface area contributed by atoms with Gasteiger partial charge >= 0.3 is 11.9 Å². The summed E-state index contributed by atoms with van der Waals surface area (Å²) in [7, 11) is 16.3. The number of aliphatic hydroxyl groups excluding tert-OH is 1. The molecule has 121 heavy (non-hydrogen) atoms. The van der Waals surface area contributed by atoms with E-state index in [9.17, 15) is 43.5 Å². The number of ether oxygens (including phenoxy) is 2. The number of aliphatic hydroxyl groups is 1. The van der Waals surface area contributed by atoms with Gasteiger partial charge in [0.25, 0.3) is 0 Å². The molecule has 5 saturated heterocycles. The van der Waals surface area contributed by atoms with Gasteiger partial charge in [-0.1, -0.05) is 248 Å². The Morgan fingerprint density at radius 3 is 1.02 bits per heavy atom. The van der Waals surface area contributed by atoms with Gasteiger partial charge in [-0.15, -0.1) is 0 Å². The molecule has 7 rings (SSSR count). The monoisotopic (exact) mass is 1900 g/mol. The number of nitrogens with zero attached hydrogens (tertiary/aromatic N) is 7. The fourth-order valence-corrected chi connectivity index (χ4v) is 18.9. The van der Waals surface area contributed by atoms with Gasteiger partial charge < -0.3 is 39.5 Å². The maximum absolute atomic E-state index is 13.0. The number of nitrogens with two attached hydrogens (primary N) is 1. The van der Waals surface area contributed by atoms with Crippen molar-refractivity contribution in [3.63, 3.8) is 0 Å². The molecule has 2 aromatic rings.